The predicted molar refractivity (Wildman–Crippen MR) is 144 cm³/mol. The Bertz CT molecular complexity index is 1420. The molecule has 8 nitrogen and oxygen atoms in total. The fourth-order valence-corrected chi connectivity index (χ4v) is 5.32. The maximum absolute atomic E-state index is 13.3. The maximum atomic E-state index is 13.3. The van der Waals surface area contributed by atoms with Crippen molar-refractivity contribution in [3.8, 4) is 0 Å². The number of benzene rings is 2. The molecule has 3 heterocycles. The van der Waals surface area contributed by atoms with Crippen LogP contribution in [0.4, 0.5) is 0 Å². The second-order valence-corrected chi connectivity index (χ2v) is 10.3. The monoisotopic (exact) mass is 500 g/mol. The molecular formula is C29H36N6O2. The molecule has 194 valence electrons. The Balaban J connectivity index is 1.52. The zero-order valence-corrected chi connectivity index (χ0v) is 22.2. The molecule has 2 atom stereocenters. The van der Waals surface area contributed by atoms with Crippen molar-refractivity contribution >= 4 is 10.9 Å². The number of nitrogens with one attached hydrogen (secondary N) is 1. The highest BCUT2D eigenvalue weighted by Gasteiger charge is 2.28. The van der Waals surface area contributed by atoms with Crippen LogP contribution in [0.2, 0.25) is 0 Å². The number of fused-ring (bicyclic) bond motifs is 1. The number of hydrogen-bond donors (Lipinski definition) is 1. The van der Waals surface area contributed by atoms with Gasteiger partial charge in [0.05, 0.1) is 24.2 Å². The molecule has 2 aromatic carbocycles. The largest absolute Gasteiger partial charge is 0.376 e. The lowest BCUT2D eigenvalue weighted by Gasteiger charge is -2.30. The van der Waals surface area contributed by atoms with Crippen LogP contribution in [-0.4, -0.2) is 42.8 Å². The number of ether oxygens (including phenoxy) is 1. The molecule has 1 fully saturated rings. The Morgan fingerprint density at radius 2 is 1.89 bits per heavy atom. The summed E-state index contributed by atoms with van der Waals surface area (Å²) in [5.41, 5.74) is 6.22. The van der Waals surface area contributed by atoms with Gasteiger partial charge < -0.3 is 9.72 Å². The molecule has 8 heteroatoms. The van der Waals surface area contributed by atoms with Crippen LogP contribution in [0.3, 0.4) is 0 Å². The van der Waals surface area contributed by atoms with E-state index in [-0.39, 0.29) is 17.7 Å². The molecule has 5 rings (SSSR count). The zero-order chi connectivity index (χ0) is 25.9. The van der Waals surface area contributed by atoms with Crippen molar-refractivity contribution in [2.45, 2.75) is 78.7 Å². The molecule has 4 aromatic rings. The van der Waals surface area contributed by atoms with E-state index in [2.05, 4.69) is 88.6 Å². The van der Waals surface area contributed by atoms with Crippen LogP contribution in [-0.2, 0) is 24.4 Å². The molecule has 0 saturated carbocycles. The molecule has 0 spiro atoms. The summed E-state index contributed by atoms with van der Waals surface area (Å²) in [5.74, 6) is 0.814. The number of aromatic amines is 1. The van der Waals surface area contributed by atoms with E-state index >= 15 is 0 Å². The summed E-state index contributed by atoms with van der Waals surface area (Å²) in [4.78, 5) is 18.8. The van der Waals surface area contributed by atoms with Gasteiger partial charge in [-0.2, -0.15) is 0 Å². The van der Waals surface area contributed by atoms with Gasteiger partial charge in [-0.05, 0) is 73.2 Å². The Morgan fingerprint density at radius 3 is 2.62 bits per heavy atom. The Labute approximate surface area is 217 Å². The predicted octanol–water partition coefficient (Wildman–Crippen LogP) is 4.77. The number of H-pyrrole nitrogens is 1. The third-order valence-corrected chi connectivity index (χ3v) is 7.49. The summed E-state index contributed by atoms with van der Waals surface area (Å²) in [6.07, 6.45) is 3.04. The lowest BCUT2D eigenvalue weighted by molar-refractivity contribution is 0.0888. The van der Waals surface area contributed by atoms with Crippen LogP contribution < -0.4 is 5.56 Å². The van der Waals surface area contributed by atoms with Crippen LogP contribution in [0.15, 0.2) is 47.3 Å². The summed E-state index contributed by atoms with van der Waals surface area (Å²) >= 11 is 0. The topological polar surface area (TPSA) is 88.9 Å². The number of hydrogen-bond acceptors (Lipinski definition) is 6. The fourth-order valence-electron chi connectivity index (χ4n) is 5.32. The van der Waals surface area contributed by atoms with Crippen LogP contribution in [0.25, 0.3) is 10.9 Å². The Kier molecular flexibility index (Phi) is 7.48. The number of aryl methyl sites for hydroxylation is 3. The van der Waals surface area contributed by atoms with Gasteiger partial charge in [0.25, 0.3) is 5.56 Å². The summed E-state index contributed by atoms with van der Waals surface area (Å²) in [5, 5.41) is 13.9. The van der Waals surface area contributed by atoms with Gasteiger partial charge in [-0.1, -0.05) is 48.9 Å². The minimum Gasteiger partial charge on any atom is -0.376 e. The first kappa shape index (κ1) is 25.3. The van der Waals surface area contributed by atoms with E-state index in [4.69, 9.17) is 4.74 Å². The van der Waals surface area contributed by atoms with E-state index in [9.17, 15) is 4.79 Å². The van der Waals surface area contributed by atoms with Gasteiger partial charge in [0.2, 0.25) is 0 Å². The highest BCUT2D eigenvalue weighted by Crippen LogP contribution is 2.28. The van der Waals surface area contributed by atoms with Crippen molar-refractivity contribution in [1.82, 2.24) is 30.1 Å². The molecule has 2 aromatic heterocycles. The van der Waals surface area contributed by atoms with Gasteiger partial charge in [0.1, 0.15) is 0 Å². The van der Waals surface area contributed by atoms with Gasteiger partial charge in [-0.25, -0.2) is 4.68 Å². The van der Waals surface area contributed by atoms with E-state index in [1.807, 2.05) is 11.6 Å². The Morgan fingerprint density at radius 1 is 1.11 bits per heavy atom. The quantitative estimate of drug-likeness (QED) is 0.356. The third-order valence-electron chi connectivity index (χ3n) is 7.49. The zero-order valence-electron chi connectivity index (χ0n) is 22.2. The van der Waals surface area contributed by atoms with Crippen molar-refractivity contribution in [1.29, 1.82) is 0 Å². The number of pyridine rings is 1. The standard InChI is InChI=1S/C29H36N6O2/c1-5-26(28-31-32-33-35(28)18-24-7-6-14-37-24)34(16-22-12-8-19(2)9-13-22)17-23-15-25-20(3)10-11-21(4)27(25)30-29(23)36/h8-13,15,24,26H,5-7,14,16-18H2,1-4H3,(H,30,36)/t24-,26-/m1/s1. The first-order chi connectivity index (χ1) is 17.9. The van der Waals surface area contributed by atoms with E-state index < -0.39 is 0 Å². The SMILES string of the molecule is CC[C@H](c1nnnn1C[C@H]1CCCO1)N(Cc1ccc(C)cc1)Cc1cc2c(C)ccc(C)c2[nH]c1=O. The maximum Gasteiger partial charge on any atom is 0.252 e. The minimum absolute atomic E-state index is 0.0519. The average Bonchev–Trinajstić information content (AvgIpc) is 3.57. The summed E-state index contributed by atoms with van der Waals surface area (Å²) in [6.45, 7) is 11.0. The number of tetrazole rings is 1. The van der Waals surface area contributed by atoms with Crippen LogP contribution >= 0.6 is 0 Å². The van der Waals surface area contributed by atoms with Crippen LogP contribution in [0.1, 0.15) is 65.9 Å². The minimum atomic E-state index is -0.0635. The molecule has 0 unspecified atom stereocenters. The van der Waals surface area contributed by atoms with Crippen molar-refractivity contribution in [2.75, 3.05) is 6.61 Å². The van der Waals surface area contributed by atoms with Gasteiger partial charge >= 0.3 is 0 Å². The molecule has 0 amide bonds. The van der Waals surface area contributed by atoms with Crippen LogP contribution in [0.5, 0.6) is 0 Å². The molecule has 0 radical (unpaired) electrons. The Hall–Kier alpha value is -3.36. The van der Waals surface area contributed by atoms with E-state index in [0.717, 1.165) is 59.3 Å². The average molecular weight is 501 g/mol. The number of aromatic nitrogens is 5. The second-order valence-electron chi connectivity index (χ2n) is 10.3. The van der Waals surface area contributed by atoms with Crippen LogP contribution in [0, 0.1) is 20.8 Å². The summed E-state index contributed by atoms with van der Waals surface area (Å²) in [7, 11) is 0. The highest BCUT2D eigenvalue weighted by molar-refractivity contribution is 5.85. The number of rotatable bonds is 9. The molecule has 37 heavy (non-hydrogen) atoms. The normalized spacial score (nSPS) is 16.6. The highest BCUT2D eigenvalue weighted by atomic mass is 16.5. The molecule has 1 aliphatic heterocycles. The van der Waals surface area contributed by atoms with E-state index in [1.54, 1.807) is 0 Å². The van der Waals surface area contributed by atoms with Gasteiger partial charge in [-0.15, -0.1) is 5.10 Å². The van der Waals surface area contributed by atoms with Gasteiger partial charge in [0.15, 0.2) is 5.82 Å². The lowest BCUT2D eigenvalue weighted by Crippen LogP contribution is -2.33. The van der Waals surface area contributed by atoms with Gasteiger partial charge in [-0.3, -0.25) is 9.69 Å². The number of nitrogens with zero attached hydrogens (tertiary/aromatic N) is 5. The first-order valence-electron chi connectivity index (χ1n) is 13.2. The summed E-state index contributed by atoms with van der Waals surface area (Å²) in [6, 6.07) is 14.7. The molecule has 1 aliphatic rings. The van der Waals surface area contributed by atoms with E-state index in [1.165, 1.54) is 11.1 Å². The summed E-state index contributed by atoms with van der Waals surface area (Å²) < 4.78 is 7.75. The van der Waals surface area contributed by atoms with E-state index in [0.29, 0.717) is 19.6 Å². The molecule has 1 N–H and O–H groups in total. The smallest absolute Gasteiger partial charge is 0.252 e. The lowest BCUT2D eigenvalue weighted by atomic mass is 10.0. The van der Waals surface area contributed by atoms with Crippen molar-refractivity contribution < 1.29 is 4.74 Å². The fraction of sp³-hybridized carbons (Fsp3) is 0.448. The molecule has 0 aliphatic carbocycles. The first-order valence-corrected chi connectivity index (χ1v) is 13.2. The molecule has 1 saturated heterocycles. The molecule has 0 bridgehead atoms. The van der Waals surface area contributed by atoms with Gasteiger partial charge in [0, 0.05) is 30.6 Å². The van der Waals surface area contributed by atoms with Crippen molar-refractivity contribution in [2.24, 2.45) is 0 Å². The second kappa shape index (κ2) is 10.9. The van der Waals surface area contributed by atoms with Crippen molar-refractivity contribution in [3.05, 3.63) is 86.5 Å². The molecular weight excluding hydrogens is 464 g/mol. The third kappa shape index (κ3) is 5.50. The van der Waals surface area contributed by atoms with Crippen molar-refractivity contribution in [3.63, 3.8) is 0 Å².